The summed E-state index contributed by atoms with van der Waals surface area (Å²) < 4.78 is 7.31. The summed E-state index contributed by atoms with van der Waals surface area (Å²) in [6, 6.07) is 17.0. The first-order chi connectivity index (χ1) is 10.5. The van der Waals surface area contributed by atoms with Gasteiger partial charge in [-0.3, -0.25) is 0 Å². The number of esters is 1. The highest BCUT2D eigenvalue weighted by Gasteiger charge is 2.13. The Labute approximate surface area is 145 Å². The summed E-state index contributed by atoms with van der Waals surface area (Å²) in [7, 11) is 0. The molecule has 0 heterocycles. The molecule has 0 spiro atoms. The summed E-state index contributed by atoms with van der Waals surface area (Å²) in [4.78, 5) is 12.3. The van der Waals surface area contributed by atoms with Gasteiger partial charge in [-0.25, -0.2) is 4.79 Å². The Morgan fingerprint density at radius 3 is 2.59 bits per heavy atom. The number of halogens is 2. The lowest BCUT2D eigenvalue weighted by Gasteiger charge is -2.09. The smallest absolute Gasteiger partial charge is 0.343 e. The van der Waals surface area contributed by atoms with Gasteiger partial charge in [-0.15, -0.1) is 0 Å². The van der Waals surface area contributed by atoms with E-state index in [1.165, 1.54) is 0 Å². The minimum Gasteiger partial charge on any atom is -0.422 e. The molecule has 3 aromatic rings. The average molecular weight is 420 g/mol. The molecule has 2 nitrogen and oxygen atoms in total. The van der Waals surface area contributed by atoms with Crippen LogP contribution in [0.1, 0.15) is 15.9 Å². The van der Waals surface area contributed by atoms with Crippen molar-refractivity contribution in [3.05, 3.63) is 74.7 Å². The van der Waals surface area contributed by atoms with Gasteiger partial charge in [0.25, 0.3) is 0 Å². The number of hydrogen-bond acceptors (Lipinski definition) is 2. The number of carbonyl (C=O) groups excluding carboxylic acids is 1. The Bertz CT molecular complexity index is 872. The Morgan fingerprint density at radius 1 is 1.00 bits per heavy atom. The number of hydrogen-bond donors (Lipinski definition) is 0. The normalized spacial score (nSPS) is 10.7. The minimum absolute atomic E-state index is 0.360. The van der Waals surface area contributed by atoms with Crippen LogP contribution >= 0.6 is 31.9 Å². The molecule has 0 radical (unpaired) electrons. The highest BCUT2D eigenvalue weighted by molar-refractivity contribution is 9.11. The zero-order valence-corrected chi connectivity index (χ0v) is 14.9. The molecule has 0 aliphatic rings. The number of fused-ring (bicyclic) bond motifs is 1. The molecule has 0 aliphatic carbocycles. The molecule has 0 unspecified atom stereocenters. The Balaban J connectivity index is 1.95. The van der Waals surface area contributed by atoms with Crippen molar-refractivity contribution >= 4 is 48.6 Å². The van der Waals surface area contributed by atoms with E-state index < -0.39 is 0 Å². The highest BCUT2D eigenvalue weighted by atomic mass is 79.9. The van der Waals surface area contributed by atoms with Gasteiger partial charge in [0.05, 0.1) is 10.0 Å². The maximum Gasteiger partial charge on any atom is 0.343 e. The summed E-state index contributed by atoms with van der Waals surface area (Å²) in [5, 5.41) is 2.06. The first kappa shape index (κ1) is 15.3. The zero-order valence-electron chi connectivity index (χ0n) is 11.8. The van der Waals surface area contributed by atoms with E-state index in [0.717, 1.165) is 25.3 Å². The first-order valence-corrected chi connectivity index (χ1v) is 8.30. The Kier molecular flexibility index (Phi) is 4.32. The van der Waals surface area contributed by atoms with Crippen molar-refractivity contribution in [2.75, 3.05) is 0 Å². The number of aryl methyl sites for hydroxylation is 1. The minimum atomic E-state index is -0.360. The number of ether oxygens (including phenoxy) is 1. The predicted octanol–water partition coefficient (Wildman–Crippen LogP) is 5.89. The van der Waals surface area contributed by atoms with Crippen LogP contribution in [0.3, 0.4) is 0 Å². The topological polar surface area (TPSA) is 26.3 Å². The first-order valence-electron chi connectivity index (χ1n) is 6.71. The Morgan fingerprint density at radius 2 is 1.82 bits per heavy atom. The van der Waals surface area contributed by atoms with Gasteiger partial charge in [-0.2, -0.15) is 0 Å². The third-order valence-corrected chi connectivity index (χ3v) is 4.65. The van der Waals surface area contributed by atoms with Gasteiger partial charge in [0.1, 0.15) is 5.75 Å². The monoisotopic (exact) mass is 418 g/mol. The summed E-state index contributed by atoms with van der Waals surface area (Å²) in [5.74, 6) is 0.155. The molecule has 3 aromatic carbocycles. The van der Waals surface area contributed by atoms with E-state index in [2.05, 4.69) is 31.9 Å². The largest absolute Gasteiger partial charge is 0.422 e. The van der Waals surface area contributed by atoms with E-state index in [-0.39, 0.29) is 5.97 Å². The summed E-state index contributed by atoms with van der Waals surface area (Å²) in [5.41, 5.74) is 1.57. The molecule has 0 aliphatic heterocycles. The van der Waals surface area contributed by atoms with Crippen LogP contribution in [-0.2, 0) is 0 Å². The predicted molar refractivity (Wildman–Crippen MR) is 95.5 cm³/mol. The fourth-order valence-corrected chi connectivity index (χ4v) is 3.21. The second-order valence-corrected chi connectivity index (χ2v) is 6.71. The van der Waals surface area contributed by atoms with Gasteiger partial charge in [0.15, 0.2) is 0 Å². The molecule has 0 N–H and O–H groups in total. The molecular weight excluding hydrogens is 408 g/mol. The molecule has 0 fully saturated rings. The second kappa shape index (κ2) is 6.23. The molecule has 0 saturated carbocycles. The quantitative estimate of drug-likeness (QED) is 0.382. The summed E-state index contributed by atoms with van der Waals surface area (Å²) in [6.07, 6.45) is 0. The number of benzene rings is 3. The van der Waals surface area contributed by atoms with Crippen LogP contribution in [-0.4, -0.2) is 5.97 Å². The standard InChI is InChI=1S/C18H12Br2O2/c1-11-3-2-4-13(9-11)18(21)22-16-8-5-12-10-14(19)6-7-15(12)17(16)20/h2-10H,1H3. The van der Waals surface area contributed by atoms with Gasteiger partial charge < -0.3 is 4.74 Å². The van der Waals surface area contributed by atoms with Gasteiger partial charge in [0, 0.05) is 4.47 Å². The van der Waals surface area contributed by atoms with E-state index in [9.17, 15) is 4.79 Å². The van der Waals surface area contributed by atoms with Crippen molar-refractivity contribution in [1.82, 2.24) is 0 Å². The highest BCUT2D eigenvalue weighted by Crippen LogP contribution is 2.34. The van der Waals surface area contributed by atoms with Crippen LogP contribution in [0.15, 0.2) is 63.5 Å². The molecule has 0 saturated heterocycles. The fourth-order valence-electron chi connectivity index (χ4n) is 2.25. The van der Waals surface area contributed by atoms with Crippen LogP contribution in [0.4, 0.5) is 0 Å². The van der Waals surface area contributed by atoms with E-state index in [4.69, 9.17) is 4.74 Å². The van der Waals surface area contributed by atoms with Gasteiger partial charge in [-0.1, -0.05) is 45.8 Å². The van der Waals surface area contributed by atoms with Crippen LogP contribution in [0.2, 0.25) is 0 Å². The van der Waals surface area contributed by atoms with Gasteiger partial charge in [0.2, 0.25) is 0 Å². The lowest BCUT2D eigenvalue weighted by molar-refractivity contribution is 0.0734. The maximum atomic E-state index is 12.3. The van der Waals surface area contributed by atoms with Crippen molar-refractivity contribution in [3.8, 4) is 5.75 Å². The molecule has 4 heteroatoms. The van der Waals surface area contributed by atoms with Crippen LogP contribution in [0.5, 0.6) is 5.75 Å². The van der Waals surface area contributed by atoms with Gasteiger partial charge >= 0.3 is 5.97 Å². The van der Waals surface area contributed by atoms with Crippen molar-refractivity contribution in [3.63, 3.8) is 0 Å². The average Bonchev–Trinajstić information content (AvgIpc) is 2.50. The second-order valence-electron chi connectivity index (χ2n) is 5.00. The molecule has 110 valence electrons. The van der Waals surface area contributed by atoms with Crippen LogP contribution in [0.25, 0.3) is 10.8 Å². The van der Waals surface area contributed by atoms with Crippen molar-refractivity contribution in [1.29, 1.82) is 0 Å². The Hall–Kier alpha value is -1.65. The zero-order chi connectivity index (χ0) is 15.7. The van der Waals surface area contributed by atoms with Crippen molar-refractivity contribution < 1.29 is 9.53 Å². The van der Waals surface area contributed by atoms with E-state index >= 15 is 0 Å². The lowest BCUT2D eigenvalue weighted by atomic mass is 10.1. The van der Waals surface area contributed by atoms with Crippen molar-refractivity contribution in [2.45, 2.75) is 6.92 Å². The number of carbonyl (C=O) groups is 1. The van der Waals surface area contributed by atoms with Crippen LogP contribution in [0, 0.1) is 6.92 Å². The molecule has 0 aromatic heterocycles. The van der Waals surface area contributed by atoms with E-state index in [1.54, 1.807) is 12.1 Å². The molecule has 3 rings (SSSR count). The van der Waals surface area contributed by atoms with E-state index in [0.29, 0.717) is 11.3 Å². The lowest BCUT2D eigenvalue weighted by Crippen LogP contribution is -2.09. The SMILES string of the molecule is Cc1cccc(C(=O)Oc2ccc3cc(Br)ccc3c2Br)c1. The molecule has 0 bridgehead atoms. The summed E-state index contributed by atoms with van der Waals surface area (Å²) in [6.45, 7) is 1.95. The molecule has 0 amide bonds. The van der Waals surface area contributed by atoms with E-state index in [1.807, 2.05) is 49.4 Å². The number of rotatable bonds is 2. The maximum absolute atomic E-state index is 12.3. The molecule has 22 heavy (non-hydrogen) atoms. The summed E-state index contributed by atoms with van der Waals surface area (Å²) >= 11 is 6.98. The third-order valence-electron chi connectivity index (χ3n) is 3.34. The fraction of sp³-hybridized carbons (Fsp3) is 0.0556. The van der Waals surface area contributed by atoms with Crippen molar-refractivity contribution in [2.24, 2.45) is 0 Å². The van der Waals surface area contributed by atoms with Crippen LogP contribution < -0.4 is 4.74 Å². The molecule has 0 atom stereocenters. The third kappa shape index (κ3) is 3.08. The van der Waals surface area contributed by atoms with Gasteiger partial charge in [-0.05, 0) is 64.0 Å². The molecular formula is C18H12Br2O2.